The second-order valence-corrected chi connectivity index (χ2v) is 6.86. The van der Waals surface area contributed by atoms with Crippen LogP contribution >= 0.6 is 11.3 Å². The molecule has 0 bridgehead atoms. The summed E-state index contributed by atoms with van der Waals surface area (Å²) >= 11 is 1.27. The van der Waals surface area contributed by atoms with Crippen LogP contribution in [0.5, 0.6) is 0 Å². The zero-order chi connectivity index (χ0) is 20.0. The van der Waals surface area contributed by atoms with Gasteiger partial charge in [-0.05, 0) is 25.8 Å². The molecule has 10 heteroatoms. The van der Waals surface area contributed by atoms with Gasteiger partial charge in [0.1, 0.15) is 10.7 Å². The summed E-state index contributed by atoms with van der Waals surface area (Å²) in [5.41, 5.74) is 3.39. The summed E-state index contributed by atoms with van der Waals surface area (Å²) in [6.45, 7) is 5.16. The molecule has 2 heterocycles. The van der Waals surface area contributed by atoms with Gasteiger partial charge in [0.2, 0.25) is 5.91 Å². The van der Waals surface area contributed by atoms with Crippen LogP contribution in [0.15, 0.2) is 5.10 Å². The molecule has 0 fully saturated rings. The van der Waals surface area contributed by atoms with Crippen LogP contribution in [0.1, 0.15) is 47.5 Å². The number of anilines is 1. The van der Waals surface area contributed by atoms with Gasteiger partial charge in [-0.15, -0.1) is 11.3 Å². The fraction of sp³-hybridized carbons (Fsp3) is 0.471. The minimum absolute atomic E-state index is 0.0508. The summed E-state index contributed by atoms with van der Waals surface area (Å²) < 4.78 is 9.99. The van der Waals surface area contributed by atoms with E-state index in [9.17, 15) is 19.2 Å². The normalized spacial score (nSPS) is 13.4. The summed E-state index contributed by atoms with van der Waals surface area (Å²) in [7, 11) is 0. The molecule has 1 aliphatic rings. The van der Waals surface area contributed by atoms with E-state index < -0.39 is 24.5 Å². The third kappa shape index (κ3) is 5.13. The largest absolute Gasteiger partial charge is 0.462 e. The molecule has 0 aliphatic carbocycles. The van der Waals surface area contributed by atoms with Gasteiger partial charge >= 0.3 is 11.9 Å². The predicted octanol–water partition coefficient (Wildman–Crippen LogP) is 1.54. The molecule has 0 spiro atoms. The van der Waals surface area contributed by atoms with Crippen LogP contribution in [0.2, 0.25) is 0 Å². The van der Waals surface area contributed by atoms with Crippen molar-refractivity contribution in [3.63, 3.8) is 0 Å². The van der Waals surface area contributed by atoms with Crippen LogP contribution in [0.4, 0.5) is 5.00 Å². The van der Waals surface area contributed by atoms with Gasteiger partial charge in [-0.1, -0.05) is 6.92 Å². The van der Waals surface area contributed by atoms with E-state index in [-0.39, 0.29) is 31.1 Å². The van der Waals surface area contributed by atoms with Crippen LogP contribution in [0.25, 0.3) is 0 Å². The van der Waals surface area contributed by atoms with Crippen molar-refractivity contribution in [2.75, 3.05) is 18.5 Å². The number of carbonyl (C=O) groups excluding carboxylic acids is 4. The Bertz CT molecular complexity index is 799. The van der Waals surface area contributed by atoms with E-state index in [1.165, 1.54) is 11.3 Å². The number of carbonyl (C=O) groups is 4. The van der Waals surface area contributed by atoms with Gasteiger partial charge in [0.15, 0.2) is 6.61 Å². The zero-order valence-electron chi connectivity index (χ0n) is 15.3. The molecule has 1 aromatic heterocycles. The fourth-order valence-corrected chi connectivity index (χ4v) is 3.66. The van der Waals surface area contributed by atoms with E-state index in [1.54, 1.807) is 6.92 Å². The van der Waals surface area contributed by atoms with Crippen molar-refractivity contribution in [2.24, 2.45) is 5.10 Å². The Hall–Kier alpha value is -2.75. The first kappa shape index (κ1) is 20.6. The molecule has 2 rings (SSSR count). The Morgan fingerprint density at radius 1 is 1.19 bits per heavy atom. The van der Waals surface area contributed by atoms with Crippen molar-refractivity contribution >= 4 is 45.8 Å². The van der Waals surface area contributed by atoms with Gasteiger partial charge in [0.05, 0.1) is 12.2 Å². The maximum Gasteiger partial charge on any atom is 0.355 e. The van der Waals surface area contributed by atoms with Crippen molar-refractivity contribution in [1.29, 1.82) is 0 Å². The lowest BCUT2D eigenvalue weighted by molar-refractivity contribution is -0.140. The number of ether oxygens (including phenoxy) is 2. The quantitative estimate of drug-likeness (QED) is 0.675. The van der Waals surface area contributed by atoms with Gasteiger partial charge in [0, 0.05) is 17.7 Å². The van der Waals surface area contributed by atoms with Gasteiger partial charge in [-0.2, -0.15) is 5.10 Å². The highest BCUT2D eigenvalue weighted by atomic mass is 32.1. The van der Waals surface area contributed by atoms with Gasteiger partial charge in [-0.25, -0.2) is 15.0 Å². The fourth-order valence-electron chi connectivity index (χ4n) is 2.51. The van der Waals surface area contributed by atoms with Crippen LogP contribution in [0, 0.1) is 6.92 Å². The number of rotatable bonds is 7. The highest BCUT2D eigenvalue weighted by Crippen LogP contribution is 2.34. The number of hydrogen-bond acceptors (Lipinski definition) is 8. The maximum absolute atomic E-state index is 12.2. The molecule has 0 radical (unpaired) electrons. The number of nitrogens with zero attached hydrogens (tertiary/aromatic N) is 1. The van der Waals surface area contributed by atoms with Gasteiger partial charge < -0.3 is 14.8 Å². The van der Waals surface area contributed by atoms with Crippen molar-refractivity contribution < 1.29 is 28.7 Å². The monoisotopic (exact) mass is 395 g/mol. The topological polar surface area (TPSA) is 123 Å². The Morgan fingerprint density at radius 2 is 1.93 bits per heavy atom. The Labute approximate surface area is 160 Å². The third-order valence-electron chi connectivity index (χ3n) is 3.77. The molecule has 27 heavy (non-hydrogen) atoms. The molecule has 2 amide bonds. The number of nitrogens with one attached hydrogen (secondary N) is 2. The van der Waals surface area contributed by atoms with Crippen LogP contribution in [0.3, 0.4) is 0 Å². The van der Waals surface area contributed by atoms with Crippen LogP contribution in [-0.4, -0.2) is 42.7 Å². The zero-order valence-corrected chi connectivity index (χ0v) is 16.2. The lowest BCUT2D eigenvalue weighted by Gasteiger charge is -2.11. The molecule has 0 aromatic carbocycles. The number of hydrogen-bond donors (Lipinski definition) is 2. The van der Waals surface area contributed by atoms with E-state index >= 15 is 0 Å². The predicted molar refractivity (Wildman–Crippen MR) is 98.8 cm³/mol. The minimum Gasteiger partial charge on any atom is -0.462 e. The molecule has 0 unspecified atom stereocenters. The third-order valence-corrected chi connectivity index (χ3v) is 4.83. The highest BCUT2D eigenvalue weighted by Gasteiger charge is 2.24. The smallest absolute Gasteiger partial charge is 0.355 e. The second kappa shape index (κ2) is 9.26. The molecule has 9 nitrogen and oxygen atoms in total. The Kier molecular flexibility index (Phi) is 7.05. The van der Waals surface area contributed by atoms with E-state index in [2.05, 4.69) is 15.8 Å². The minimum atomic E-state index is -0.771. The summed E-state index contributed by atoms with van der Waals surface area (Å²) in [6, 6.07) is 0. The summed E-state index contributed by atoms with van der Waals surface area (Å²) in [5, 5.41) is 6.58. The Morgan fingerprint density at radius 3 is 2.52 bits per heavy atom. The lowest BCUT2D eigenvalue weighted by Crippen LogP contribution is -2.32. The lowest BCUT2D eigenvalue weighted by atomic mass is 10.1. The average molecular weight is 395 g/mol. The van der Waals surface area contributed by atoms with Crippen molar-refractivity contribution in [1.82, 2.24) is 5.43 Å². The van der Waals surface area contributed by atoms with Crippen molar-refractivity contribution in [3.05, 3.63) is 16.0 Å². The molecule has 0 saturated carbocycles. The molecular weight excluding hydrogens is 374 g/mol. The van der Waals surface area contributed by atoms with Gasteiger partial charge in [-0.3, -0.25) is 9.59 Å². The van der Waals surface area contributed by atoms with Crippen LogP contribution < -0.4 is 10.7 Å². The molecule has 0 atom stereocenters. The first-order valence-electron chi connectivity index (χ1n) is 8.49. The SMILES string of the molecule is CCOC(=O)c1c(NC(=O)COC(=O)C2=NNC(=O)CC2)sc(C)c1CC. The number of hydrazone groups is 1. The van der Waals surface area contributed by atoms with E-state index in [0.29, 0.717) is 17.0 Å². The number of aryl methyl sites for hydroxylation is 1. The Balaban J connectivity index is 2.02. The number of esters is 2. The van der Waals surface area contributed by atoms with E-state index in [0.717, 1.165) is 10.4 Å². The molecule has 0 saturated heterocycles. The molecular formula is C17H21N3O6S. The highest BCUT2D eigenvalue weighted by molar-refractivity contribution is 7.16. The first-order valence-corrected chi connectivity index (χ1v) is 9.30. The maximum atomic E-state index is 12.2. The summed E-state index contributed by atoms with van der Waals surface area (Å²) in [4.78, 5) is 48.2. The van der Waals surface area contributed by atoms with Crippen LogP contribution in [-0.2, 0) is 30.3 Å². The molecule has 146 valence electrons. The molecule has 2 N–H and O–H groups in total. The average Bonchev–Trinajstić information content (AvgIpc) is 2.95. The second-order valence-electron chi connectivity index (χ2n) is 5.63. The van der Waals surface area contributed by atoms with Gasteiger partial charge in [0.25, 0.3) is 5.91 Å². The standard InChI is InChI=1S/C17H21N3O6S/c1-4-10-9(3)27-15(14(10)17(24)25-5-2)18-13(22)8-26-16(23)11-6-7-12(21)20-19-11/h4-8H2,1-3H3,(H,18,22)(H,20,21). The molecule has 1 aliphatic heterocycles. The van der Waals surface area contributed by atoms with E-state index in [1.807, 2.05) is 13.8 Å². The molecule has 1 aromatic rings. The number of amides is 2. The first-order chi connectivity index (χ1) is 12.9. The van der Waals surface area contributed by atoms with Crippen molar-refractivity contribution in [2.45, 2.75) is 40.0 Å². The van der Waals surface area contributed by atoms with E-state index in [4.69, 9.17) is 9.47 Å². The number of thiophene rings is 1. The summed E-state index contributed by atoms with van der Waals surface area (Å²) in [6.07, 6.45) is 0.910. The summed E-state index contributed by atoms with van der Waals surface area (Å²) in [5.74, 6) is -2.14. The van der Waals surface area contributed by atoms with Crippen molar-refractivity contribution in [3.8, 4) is 0 Å².